The van der Waals surface area contributed by atoms with Gasteiger partial charge in [-0.3, -0.25) is 9.59 Å². The minimum Gasteiger partial charge on any atom is -0.497 e. The minimum absolute atomic E-state index is 0.0702. The van der Waals surface area contributed by atoms with Gasteiger partial charge >= 0.3 is 0 Å². The number of nitrogens with one attached hydrogen (secondary N) is 1. The fourth-order valence-corrected chi connectivity index (χ4v) is 4.90. The van der Waals surface area contributed by atoms with E-state index in [0.29, 0.717) is 21.4 Å². The number of methoxy groups -OCH3 is 2. The van der Waals surface area contributed by atoms with Crippen LogP contribution in [0.15, 0.2) is 54.1 Å². The zero-order chi connectivity index (χ0) is 21.9. The van der Waals surface area contributed by atoms with E-state index in [1.54, 1.807) is 48.5 Å². The highest BCUT2D eigenvalue weighted by atomic mass is 32.2. The second-order valence-corrected chi connectivity index (χ2v) is 8.43. The monoisotopic (exact) mass is 430 g/mol. The number of carbonyl (C=O) groups is 2. The van der Waals surface area contributed by atoms with Gasteiger partial charge in [-0.05, 0) is 54.4 Å². The molecule has 3 rings (SSSR count). The van der Waals surface area contributed by atoms with E-state index in [1.807, 2.05) is 0 Å². The van der Waals surface area contributed by atoms with E-state index in [-0.39, 0.29) is 17.0 Å². The molecule has 0 bridgehead atoms. The Labute approximate surface area is 175 Å². The molecule has 2 aromatic carbocycles. The molecule has 8 nitrogen and oxygen atoms in total. The van der Waals surface area contributed by atoms with Crippen LogP contribution in [0.4, 0.5) is 0 Å². The number of ether oxygens (including phenoxy) is 2. The van der Waals surface area contributed by atoms with Crippen molar-refractivity contribution < 1.29 is 27.5 Å². The molecule has 0 saturated heterocycles. The zero-order valence-corrected chi connectivity index (χ0v) is 17.7. The molecule has 1 N–H and O–H groups in total. The van der Waals surface area contributed by atoms with Gasteiger partial charge in [0, 0.05) is 12.1 Å². The summed E-state index contributed by atoms with van der Waals surface area (Å²) in [7, 11) is -1.11. The summed E-state index contributed by atoms with van der Waals surface area (Å²) in [5, 5.41) is 2.63. The average Bonchev–Trinajstić information content (AvgIpc) is 2.91. The van der Waals surface area contributed by atoms with Crippen LogP contribution >= 0.6 is 0 Å². The van der Waals surface area contributed by atoms with Crippen LogP contribution in [0.2, 0.25) is 0 Å². The Morgan fingerprint density at radius 1 is 1.03 bits per heavy atom. The van der Waals surface area contributed by atoms with Crippen molar-refractivity contribution >= 4 is 26.7 Å². The van der Waals surface area contributed by atoms with Crippen molar-refractivity contribution in [3.63, 3.8) is 0 Å². The van der Waals surface area contributed by atoms with Crippen LogP contribution in [0, 0.1) is 0 Å². The maximum absolute atomic E-state index is 13.0. The molecule has 2 aromatic rings. The Bertz CT molecular complexity index is 1110. The molecule has 0 aliphatic carbocycles. The smallest absolute Gasteiger partial charge is 0.268 e. The van der Waals surface area contributed by atoms with Crippen molar-refractivity contribution in [2.45, 2.75) is 13.5 Å². The molecular formula is C21H22N2O6S. The standard InChI is InChI=1S/C21H22N2O6S/c1-14-20(16-7-9-17(28-2)10-8-16)30(26,27)23(21(14)25)13-19(24)22-12-15-5-4-6-18(11-15)29-3/h4-11H,12-13H2,1-3H3,(H,22,24). The Morgan fingerprint density at radius 2 is 1.70 bits per heavy atom. The number of sulfonamides is 1. The number of carbonyl (C=O) groups excluding carboxylic acids is 2. The van der Waals surface area contributed by atoms with Crippen molar-refractivity contribution in [2.24, 2.45) is 0 Å². The van der Waals surface area contributed by atoms with Crippen LogP contribution in [0.1, 0.15) is 18.1 Å². The number of amides is 2. The quantitative estimate of drug-likeness (QED) is 0.720. The molecule has 1 aliphatic rings. The summed E-state index contributed by atoms with van der Waals surface area (Å²) in [6.07, 6.45) is 0. The Hall–Kier alpha value is -3.33. The second kappa shape index (κ2) is 8.58. The van der Waals surface area contributed by atoms with Crippen LogP contribution in [-0.4, -0.2) is 45.3 Å². The summed E-state index contributed by atoms with van der Waals surface area (Å²) in [6, 6.07) is 13.5. The molecule has 0 atom stereocenters. The third-order valence-corrected chi connectivity index (χ3v) is 6.63. The summed E-state index contributed by atoms with van der Waals surface area (Å²) >= 11 is 0. The highest BCUT2D eigenvalue weighted by Crippen LogP contribution is 2.35. The van der Waals surface area contributed by atoms with Crippen molar-refractivity contribution in [3.8, 4) is 11.5 Å². The highest BCUT2D eigenvalue weighted by molar-refractivity contribution is 7.99. The third kappa shape index (κ3) is 4.16. The predicted octanol–water partition coefficient (Wildman–Crippen LogP) is 1.92. The lowest BCUT2D eigenvalue weighted by Crippen LogP contribution is -2.40. The molecule has 9 heteroatoms. The maximum atomic E-state index is 13.0. The van der Waals surface area contributed by atoms with Gasteiger partial charge in [0.25, 0.3) is 15.9 Å². The molecule has 0 spiro atoms. The van der Waals surface area contributed by atoms with Gasteiger partial charge in [0.2, 0.25) is 5.91 Å². The first-order valence-corrected chi connectivity index (χ1v) is 10.5. The van der Waals surface area contributed by atoms with E-state index in [4.69, 9.17) is 9.47 Å². The maximum Gasteiger partial charge on any atom is 0.268 e. The molecular weight excluding hydrogens is 408 g/mol. The van der Waals surface area contributed by atoms with E-state index in [1.165, 1.54) is 21.1 Å². The van der Waals surface area contributed by atoms with Crippen LogP contribution in [0.25, 0.3) is 4.91 Å². The second-order valence-electron chi connectivity index (χ2n) is 6.63. The van der Waals surface area contributed by atoms with Gasteiger partial charge in [-0.2, -0.15) is 0 Å². The van der Waals surface area contributed by atoms with E-state index < -0.39 is 28.4 Å². The fraction of sp³-hybridized carbons (Fsp3) is 0.238. The first-order valence-electron chi connectivity index (χ1n) is 9.10. The van der Waals surface area contributed by atoms with Gasteiger partial charge in [-0.25, -0.2) is 12.7 Å². The van der Waals surface area contributed by atoms with Crippen molar-refractivity contribution in [3.05, 3.63) is 65.2 Å². The Kier molecular flexibility index (Phi) is 6.12. The predicted molar refractivity (Wildman–Crippen MR) is 111 cm³/mol. The Morgan fingerprint density at radius 3 is 2.33 bits per heavy atom. The molecule has 1 aliphatic heterocycles. The molecule has 158 valence electrons. The number of rotatable bonds is 7. The molecule has 0 aromatic heterocycles. The SMILES string of the molecule is COc1ccc(C2=C(C)C(=O)N(CC(=O)NCc3cccc(OC)c3)S2(=O)=O)cc1. The van der Waals surface area contributed by atoms with E-state index in [2.05, 4.69) is 5.32 Å². The van der Waals surface area contributed by atoms with Crippen LogP contribution in [0.3, 0.4) is 0 Å². The first kappa shape index (κ1) is 21.4. The van der Waals surface area contributed by atoms with Gasteiger partial charge in [0.05, 0.1) is 14.2 Å². The van der Waals surface area contributed by atoms with Gasteiger partial charge in [0.1, 0.15) is 22.9 Å². The molecule has 0 unspecified atom stereocenters. The van der Waals surface area contributed by atoms with Crippen molar-refractivity contribution in [2.75, 3.05) is 20.8 Å². The van der Waals surface area contributed by atoms with Crippen LogP contribution in [0.5, 0.6) is 11.5 Å². The average molecular weight is 430 g/mol. The summed E-state index contributed by atoms with van der Waals surface area (Å²) in [5.41, 5.74) is 1.22. The highest BCUT2D eigenvalue weighted by Gasteiger charge is 2.43. The lowest BCUT2D eigenvalue weighted by molar-refractivity contribution is -0.128. The van der Waals surface area contributed by atoms with Gasteiger partial charge in [-0.15, -0.1) is 0 Å². The fourth-order valence-electron chi connectivity index (χ4n) is 3.13. The number of hydrogen-bond donors (Lipinski definition) is 1. The van der Waals surface area contributed by atoms with E-state index in [0.717, 1.165) is 5.56 Å². The number of hydrogen-bond acceptors (Lipinski definition) is 6. The lowest BCUT2D eigenvalue weighted by Gasteiger charge is -2.16. The first-order chi connectivity index (χ1) is 14.3. The van der Waals surface area contributed by atoms with E-state index >= 15 is 0 Å². The molecule has 1 heterocycles. The third-order valence-electron chi connectivity index (χ3n) is 4.70. The molecule has 2 amide bonds. The topological polar surface area (TPSA) is 102 Å². The molecule has 30 heavy (non-hydrogen) atoms. The van der Waals surface area contributed by atoms with Crippen molar-refractivity contribution in [1.29, 1.82) is 0 Å². The number of benzene rings is 2. The lowest BCUT2D eigenvalue weighted by atomic mass is 10.1. The summed E-state index contributed by atoms with van der Waals surface area (Å²) in [4.78, 5) is 24.8. The van der Waals surface area contributed by atoms with Crippen LogP contribution in [-0.2, 0) is 26.2 Å². The molecule has 0 fully saturated rings. The molecule has 0 saturated carbocycles. The van der Waals surface area contributed by atoms with E-state index in [9.17, 15) is 18.0 Å². The normalized spacial score (nSPS) is 15.3. The van der Waals surface area contributed by atoms with Crippen LogP contribution < -0.4 is 14.8 Å². The minimum atomic E-state index is -4.15. The van der Waals surface area contributed by atoms with Gasteiger partial charge < -0.3 is 14.8 Å². The summed E-state index contributed by atoms with van der Waals surface area (Å²) in [5.74, 6) is -0.0913. The van der Waals surface area contributed by atoms with Gasteiger partial charge in [-0.1, -0.05) is 12.1 Å². The Balaban J connectivity index is 1.73. The molecule has 0 radical (unpaired) electrons. The zero-order valence-electron chi connectivity index (χ0n) is 16.8. The van der Waals surface area contributed by atoms with Crippen molar-refractivity contribution in [1.82, 2.24) is 9.62 Å². The summed E-state index contributed by atoms with van der Waals surface area (Å²) < 4.78 is 36.8. The summed E-state index contributed by atoms with van der Waals surface area (Å²) in [6.45, 7) is 1.02. The number of nitrogens with zero attached hydrogens (tertiary/aromatic N) is 1. The largest absolute Gasteiger partial charge is 0.497 e. The van der Waals surface area contributed by atoms with Gasteiger partial charge in [0.15, 0.2) is 0 Å².